The molecule has 2 heterocycles. The zero-order valence-corrected chi connectivity index (χ0v) is 14.1. The lowest BCUT2D eigenvalue weighted by Gasteiger charge is -2.00. The summed E-state index contributed by atoms with van der Waals surface area (Å²) in [5.41, 5.74) is 0.875. The zero-order valence-electron chi connectivity index (χ0n) is 14.1. The van der Waals surface area contributed by atoms with Crippen molar-refractivity contribution < 1.29 is 13.8 Å². The number of hydrogen-bond donors (Lipinski definition) is 1. The smallest absolute Gasteiger partial charge is 0.229 e. The number of nitrogens with zero attached hydrogens (tertiary/aromatic N) is 4. The van der Waals surface area contributed by atoms with E-state index < -0.39 is 0 Å². The van der Waals surface area contributed by atoms with E-state index in [9.17, 15) is 4.79 Å². The molecule has 0 radical (unpaired) electrons. The summed E-state index contributed by atoms with van der Waals surface area (Å²) in [5, 5.41) is 10.5. The lowest BCUT2D eigenvalue weighted by atomic mass is 10.2. The molecular formula is C17H19N5O3. The van der Waals surface area contributed by atoms with Crippen molar-refractivity contribution in [3.8, 4) is 11.4 Å². The first-order chi connectivity index (χ1) is 12.1. The Hall–Kier alpha value is -3.03. The van der Waals surface area contributed by atoms with Crippen molar-refractivity contribution in [1.82, 2.24) is 25.6 Å². The Kier molecular flexibility index (Phi) is 5.17. The number of benzene rings is 1. The van der Waals surface area contributed by atoms with E-state index in [1.807, 2.05) is 44.2 Å². The van der Waals surface area contributed by atoms with Crippen molar-refractivity contribution >= 4 is 5.91 Å². The molecule has 0 aliphatic carbocycles. The molecule has 0 saturated heterocycles. The molecule has 1 aromatic carbocycles. The molecule has 2 aromatic heterocycles. The second-order valence-corrected chi connectivity index (χ2v) is 5.86. The first-order valence-electron chi connectivity index (χ1n) is 8.09. The third-order valence-electron chi connectivity index (χ3n) is 3.49. The summed E-state index contributed by atoms with van der Waals surface area (Å²) < 4.78 is 10.3. The van der Waals surface area contributed by atoms with Crippen LogP contribution < -0.4 is 5.32 Å². The number of aryl methyl sites for hydroxylation is 1. The maximum atomic E-state index is 11.9. The van der Waals surface area contributed by atoms with Gasteiger partial charge in [-0.05, 0) is 0 Å². The molecule has 0 aliphatic heterocycles. The van der Waals surface area contributed by atoms with Crippen LogP contribution in [0.5, 0.6) is 0 Å². The normalized spacial score (nSPS) is 11.0. The molecule has 130 valence electrons. The zero-order chi connectivity index (χ0) is 17.6. The van der Waals surface area contributed by atoms with Crippen LogP contribution in [0.4, 0.5) is 0 Å². The molecule has 3 aromatic rings. The standard InChI is InChI=1S/C17H19N5O3/c1-11(2)17-19-13(21-25-17)10-18-14(23)8-9-15-20-16(22-24-15)12-6-4-3-5-7-12/h3-7,11H,8-10H2,1-2H3,(H,18,23). The van der Waals surface area contributed by atoms with E-state index in [1.165, 1.54) is 0 Å². The van der Waals surface area contributed by atoms with E-state index in [0.717, 1.165) is 5.56 Å². The van der Waals surface area contributed by atoms with Gasteiger partial charge >= 0.3 is 0 Å². The third kappa shape index (κ3) is 4.50. The molecule has 25 heavy (non-hydrogen) atoms. The summed E-state index contributed by atoms with van der Waals surface area (Å²) in [5.74, 6) is 1.98. The second-order valence-electron chi connectivity index (χ2n) is 5.86. The van der Waals surface area contributed by atoms with Gasteiger partial charge in [0, 0.05) is 24.3 Å². The van der Waals surface area contributed by atoms with Crippen LogP contribution in [0.15, 0.2) is 39.4 Å². The fraction of sp³-hybridized carbons (Fsp3) is 0.353. The predicted molar refractivity (Wildman–Crippen MR) is 88.3 cm³/mol. The highest BCUT2D eigenvalue weighted by molar-refractivity contribution is 5.75. The molecular weight excluding hydrogens is 322 g/mol. The van der Waals surface area contributed by atoms with Crippen LogP contribution in [-0.4, -0.2) is 26.2 Å². The van der Waals surface area contributed by atoms with E-state index in [-0.39, 0.29) is 24.8 Å². The summed E-state index contributed by atoms with van der Waals surface area (Å²) in [7, 11) is 0. The molecule has 0 atom stereocenters. The van der Waals surface area contributed by atoms with Crippen LogP contribution >= 0.6 is 0 Å². The number of amides is 1. The van der Waals surface area contributed by atoms with Crippen molar-refractivity contribution in [1.29, 1.82) is 0 Å². The highest BCUT2D eigenvalue weighted by atomic mass is 16.5. The van der Waals surface area contributed by atoms with E-state index in [1.54, 1.807) is 0 Å². The van der Waals surface area contributed by atoms with E-state index in [0.29, 0.717) is 29.9 Å². The Balaban J connectivity index is 1.47. The van der Waals surface area contributed by atoms with Gasteiger partial charge in [-0.1, -0.05) is 54.5 Å². The molecule has 8 nitrogen and oxygen atoms in total. The van der Waals surface area contributed by atoms with Gasteiger partial charge in [-0.2, -0.15) is 9.97 Å². The fourth-order valence-corrected chi connectivity index (χ4v) is 2.12. The van der Waals surface area contributed by atoms with Crippen molar-refractivity contribution in [2.75, 3.05) is 0 Å². The van der Waals surface area contributed by atoms with Gasteiger partial charge in [0.15, 0.2) is 5.82 Å². The molecule has 0 saturated carbocycles. The minimum Gasteiger partial charge on any atom is -0.349 e. The van der Waals surface area contributed by atoms with Gasteiger partial charge in [-0.3, -0.25) is 4.79 Å². The Labute approximate surface area is 144 Å². The number of aromatic nitrogens is 4. The van der Waals surface area contributed by atoms with Crippen molar-refractivity contribution in [2.45, 2.75) is 39.2 Å². The van der Waals surface area contributed by atoms with E-state index >= 15 is 0 Å². The molecule has 0 unspecified atom stereocenters. The topological polar surface area (TPSA) is 107 Å². The molecule has 8 heteroatoms. The van der Waals surface area contributed by atoms with Crippen LogP contribution in [0.2, 0.25) is 0 Å². The summed E-state index contributed by atoms with van der Waals surface area (Å²) >= 11 is 0. The van der Waals surface area contributed by atoms with Gasteiger partial charge < -0.3 is 14.4 Å². The lowest BCUT2D eigenvalue weighted by Crippen LogP contribution is -2.23. The molecule has 1 N–H and O–H groups in total. The quantitative estimate of drug-likeness (QED) is 0.703. The fourth-order valence-electron chi connectivity index (χ4n) is 2.12. The highest BCUT2D eigenvalue weighted by Gasteiger charge is 2.12. The first-order valence-corrected chi connectivity index (χ1v) is 8.09. The molecule has 3 rings (SSSR count). The molecule has 1 amide bonds. The van der Waals surface area contributed by atoms with Gasteiger partial charge in [0.1, 0.15) is 0 Å². The van der Waals surface area contributed by atoms with Crippen LogP contribution in [0, 0.1) is 0 Å². The van der Waals surface area contributed by atoms with E-state index in [4.69, 9.17) is 9.05 Å². The number of hydrogen-bond acceptors (Lipinski definition) is 7. The highest BCUT2D eigenvalue weighted by Crippen LogP contribution is 2.15. The molecule has 0 bridgehead atoms. The Morgan fingerprint density at radius 2 is 1.92 bits per heavy atom. The maximum absolute atomic E-state index is 11.9. The maximum Gasteiger partial charge on any atom is 0.229 e. The Bertz CT molecular complexity index is 826. The summed E-state index contributed by atoms with van der Waals surface area (Å²) in [6.07, 6.45) is 0.612. The van der Waals surface area contributed by atoms with Gasteiger partial charge in [0.2, 0.25) is 23.5 Å². The van der Waals surface area contributed by atoms with Gasteiger partial charge in [0.25, 0.3) is 0 Å². The minimum atomic E-state index is -0.143. The predicted octanol–water partition coefficient (Wildman–Crippen LogP) is 2.49. The van der Waals surface area contributed by atoms with Crippen molar-refractivity contribution in [3.05, 3.63) is 47.9 Å². The molecule has 0 spiro atoms. The van der Waals surface area contributed by atoms with Gasteiger partial charge in [-0.15, -0.1) is 0 Å². The average Bonchev–Trinajstić information content (AvgIpc) is 3.28. The molecule has 0 aliphatic rings. The van der Waals surface area contributed by atoms with Crippen molar-refractivity contribution in [3.63, 3.8) is 0 Å². The third-order valence-corrected chi connectivity index (χ3v) is 3.49. The van der Waals surface area contributed by atoms with Gasteiger partial charge in [0.05, 0.1) is 6.54 Å². The van der Waals surface area contributed by atoms with E-state index in [2.05, 4.69) is 25.6 Å². The average molecular weight is 341 g/mol. The number of nitrogens with one attached hydrogen (secondary N) is 1. The SMILES string of the molecule is CC(C)c1nc(CNC(=O)CCc2nc(-c3ccccc3)no2)no1. The first kappa shape index (κ1) is 16.8. The number of carbonyl (C=O) groups is 1. The van der Waals surface area contributed by atoms with Gasteiger partial charge in [-0.25, -0.2) is 0 Å². The van der Waals surface area contributed by atoms with Crippen LogP contribution in [0.25, 0.3) is 11.4 Å². The monoisotopic (exact) mass is 341 g/mol. The lowest BCUT2D eigenvalue weighted by molar-refractivity contribution is -0.121. The summed E-state index contributed by atoms with van der Waals surface area (Å²) in [4.78, 5) is 20.4. The Morgan fingerprint density at radius 3 is 2.64 bits per heavy atom. The van der Waals surface area contributed by atoms with Crippen LogP contribution in [-0.2, 0) is 17.8 Å². The van der Waals surface area contributed by atoms with Crippen molar-refractivity contribution in [2.24, 2.45) is 0 Å². The number of rotatable bonds is 7. The Morgan fingerprint density at radius 1 is 1.12 bits per heavy atom. The summed E-state index contributed by atoms with van der Waals surface area (Å²) in [6, 6.07) is 9.53. The minimum absolute atomic E-state index is 0.143. The van der Waals surface area contributed by atoms with Crippen LogP contribution in [0.1, 0.15) is 43.8 Å². The second kappa shape index (κ2) is 7.69. The summed E-state index contributed by atoms with van der Waals surface area (Å²) in [6.45, 7) is 4.15. The molecule has 0 fully saturated rings. The van der Waals surface area contributed by atoms with Crippen LogP contribution in [0.3, 0.4) is 0 Å². The largest absolute Gasteiger partial charge is 0.349 e. The number of carbonyl (C=O) groups excluding carboxylic acids is 1.